The smallest absolute Gasteiger partial charge is 0.335 e. The van der Waals surface area contributed by atoms with Gasteiger partial charge in [-0.25, -0.2) is 9.78 Å². The fraction of sp³-hybridized carbons (Fsp3) is 0. The third-order valence-electron chi connectivity index (χ3n) is 2.52. The minimum Gasteiger partial charge on any atom is -0.478 e. The molecule has 0 bridgehead atoms. The highest BCUT2D eigenvalue weighted by Gasteiger charge is 2.13. The van der Waals surface area contributed by atoms with Crippen LogP contribution in [0.5, 0.6) is 0 Å². The molecule has 7 heteroatoms. The van der Waals surface area contributed by atoms with E-state index >= 15 is 0 Å². The molecule has 1 aromatic heterocycles. The number of nitrogens with one attached hydrogen (secondary N) is 1. The fourth-order valence-corrected chi connectivity index (χ4v) is 2.02. The molecule has 0 radical (unpaired) electrons. The first-order chi connectivity index (χ1) is 9.49. The molecule has 0 aliphatic heterocycles. The average molecular weight is 336 g/mol. The molecule has 1 amide bonds. The maximum absolute atomic E-state index is 12.0. The summed E-state index contributed by atoms with van der Waals surface area (Å²) < 4.78 is 0.459. The van der Waals surface area contributed by atoms with Crippen LogP contribution in [-0.2, 0) is 0 Å². The molecule has 2 rings (SSSR count). The van der Waals surface area contributed by atoms with Crippen LogP contribution in [0.25, 0.3) is 0 Å². The Morgan fingerprint density at radius 3 is 2.65 bits per heavy atom. The molecule has 1 aromatic carbocycles. The average Bonchev–Trinajstić information content (AvgIpc) is 2.41. The van der Waals surface area contributed by atoms with Gasteiger partial charge in [-0.15, -0.1) is 0 Å². The molecule has 1 heterocycles. The number of amides is 1. The van der Waals surface area contributed by atoms with Gasteiger partial charge in [0.1, 0.15) is 0 Å². The molecule has 0 atom stereocenters. The van der Waals surface area contributed by atoms with Crippen LogP contribution >= 0.6 is 15.9 Å². The van der Waals surface area contributed by atoms with E-state index in [1.54, 1.807) is 12.1 Å². The molecule has 20 heavy (non-hydrogen) atoms. The van der Waals surface area contributed by atoms with Gasteiger partial charge in [-0.3, -0.25) is 4.79 Å². The van der Waals surface area contributed by atoms with Crippen molar-refractivity contribution in [2.75, 3.05) is 11.1 Å². The predicted molar refractivity (Wildman–Crippen MR) is 77.7 cm³/mol. The van der Waals surface area contributed by atoms with E-state index in [2.05, 4.69) is 26.2 Å². The van der Waals surface area contributed by atoms with E-state index in [9.17, 15) is 9.59 Å². The Morgan fingerprint density at radius 2 is 2.05 bits per heavy atom. The molecule has 4 N–H and O–H groups in total. The lowest BCUT2D eigenvalue weighted by Crippen LogP contribution is -2.16. The molecule has 6 nitrogen and oxygen atoms in total. The Hall–Kier alpha value is -2.41. The highest BCUT2D eigenvalue weighted by molar-refractivity contribution is 9.10. The van der Waals surface area contributed by atoms with Gasteiger partial charge in [0.05, 0.1) is 16.9 Å². The molecule has 0 saturated carbocycles. The van der Waals surface area contributed by atoms with E-state index in [-0.39, 0.29) is 16.9 Å². The van der Waals surface area contributed by atoms with Crippen LogP contribution in [0.2, 0.25) is 0 Å². The largest absolute Gasteiger partial charge is 0.478 e. The molecule has 0 fully saturated rings. The number of aromatic carboxylic acids is 1. The number of nitrogens with two attached hydrogens (primary N) is 1. The zero-order chi connectivity index (χ0) is 14.7. The summed E-state index contributed by atoms with van der Waals surface area (Å²) in [5, 5.41) is 11.5. The quantitative estimate of drug-likeness (QED) is 0.798. The number of anilines is 2. The summed E-state index contributed by atoms with van der Waals surface area (Å²) in [6.07, 6.45) is 1.47. The number of pyridine rings is 1. The summed E-state index contributed by atoms with van der Waals surface area (Å²) >= 11 is 3.21. The van der Waals surface area contributed by atoms with Gasteiger partial charge in [-0.1, -0.05) is 0 Å². The Bertz CT molecular complexity index is 688. The van der Waals surface area contributed by atoms with E-state index in [1.807, 2.05) is 0 Å². The van der Waals surface area contributed by atoms with Gasteiger partial charge in [0.2, 0.25) is 0 Å². The van der Waals surface area contributed by atoms with Crippen LogP contribution in [0.4, 0.5) is 11.4 Å². The lowest BCUT2D eigenvalue weighted by molar-refractivity contribution is 0.0696. The van der Waals surface area contributed by atoms with Gasteiger partial charge in [-0.2, -0.15) is 0 Å². The highest BCUT2D eigenvalue weighted by atomic mass is 79.9. The molecule has 0 unspecified atom stereocenters. The number of hydrogen-bond acceptors (Lipinski definition) is 4. The summed E-state index contributed by atoms with van der Waals surface area (Å²) in [4.78, 5) is 26.7. The maximum Gasteiger partial charge on any atom is 0.335 e. The van der Waals surface area contributed by atoms with Gasteiger partial charge in [0, 0.05) is 10.7 Å². The third kappa shape index (κ3) is 2.94. The van der Waals surface area contributed by atoms with Crippen molar-refractivity contribution >= 4 is 39.2 Å². The number of carbonyl (C=O) groups is 2. The second kappa shape index (κ2) is 5.70. The lowest BCUT2D eigenvalue weighted by Gasteiger charge is -2.08. The van der Waals surface area contributed by atoms with Gasteiger partial charge in [0.25, 0.3) is 5.91 Å². The Morgan fingerprint density at radius 1 is 1.30 bits per heavy atom. The number of nitrogen functional groups attached to an aromatic ring is 1. The monoisotopic (exact) mass is 335 g/mol. The van der Waals surface area contributed by atoms with Crippen molar-refractivity contribution in [2.24, 2.45) is 0 Å². The summed E-state index contributed by atoms with van der Waals surface area (Å²) in [6.45, 7) is 0. The van der Waals surface area contributed by atoms with Crippen LogP contribution in [0.3, 0.4) is 0 Å². The maximum atomic E-state index is 12.0. The fourth-order valence-electron chi connectivity index (χ4n) is 1.54. The minimum atomic E-state index is -1.04. The van der Waals surface area contributed by atoms with Crippen LogP contribution in [0, 0.1) is 0 Å². The topological polar surface area (TPSA) is 105 Å². The minimum absolute atomic E-state index is 0.113. The number of hydrogen-bond donors (Lipinski definition) is 3. The van der Waals surface area contributed by atoms with E-state index in [1.165, 1.54) is 24.4 Å². The SMILES string of the molecule is Nc1cccnc1C(=O)Nc1ccc(C(=O)O)cc1Br. The number of benzene rings is 1. The van der Waals surface area contributed by atoms with Crippen molar-refractivity contribution < 1.29 is 14.7 Å². The zero-order valence-electron chi connectivity index (χ0n) is 10.1. The number of carboxylic acids is 1. The Labute approximate surface area is 122 Å². The second-order valence-electron chi connectivity index (χ2n) is 3.90. The van der Waals surface area contributed by atoms with Crippen molar-refractivity contribution in [1.82, 2.24) is 4.98 Å². The summed E-state index contributed by atoms with van der Waals surface area (Å²) in [5.41, 5.74) is 6.60. The Balaban J connectivity index is 2.25. The van der Waals surface area contributed by atoms with Crippen molar-refractivity contribution in [3.05, 3.63) is 52.3 Å². The third-order valence-corrected chi connectivity index (χ3v) is 3.17. The van der Waals surface area contributed by atoms with Crippen LogP contribution in [0.15, 0.2) is 41.0 Å². The second-order valence-corrected chi connectivity index (χ2v) is 4.75. The molecule has 0 spiro atoms. The van der Waals surface area contributed by atoms with Crippen LogP contribution in [-0.4, -0.2) is 22.0 Å². The van der Waals surface area contributed by atoms with Gasteiger partial charge in [-0.05, 0) is 46.3 Å². The molecule has 2 aromatic rings. The summed E-state index contributed by atoms with van der Waals surface area (Å²) in [5.74, 6) is -1.51. The molecular formula is C13H10BrN3O3. The van der Waals surface area contributed by atoms with E-state index in [4.69, 9.17) is 10.8 Å². The number of carboxylic acid groups (broad SMARTS) is 1. The normalized spacial score (nSPS) is 10.1. The van der Waals surface area contributed by atoms with E-state index < -0.39 is 11.9 Å². The van der Waals surface area contributed by atoms with Crippen molar-refractivity contribution in [1.29, 1.82) is 0 Å². The number of nitrogens with zero attached hydrogens (tertiary/aromatic N) is 1. The van der Waals surface area contributed by atoms with Crippen molar-refractivity contribution in [3.63, 3.8) is 0 Å². The van der Waals surface area contributed by atoms with Gasteiger partial charge >= 0.3 is 5.97 Å². The number of aromatic nitrogens is 1. The van der Waals surface area contributed by atoms with Crippen LogP contribution < -0.4 is 11.1 Å². The number of rotatable bonds is 3. The van der Waals surface area contributed by atoms with E-state index in [0.29, 0.717) is 10.2 Å². The summed E-state index contributed by atoms with van der Waals surface area (Å²) in [6, 6.07) is 7.49. The molecule has 0 aliphatic carbocycles. The van der Waals surface area contributed by atoms with Crippen molar-refractivity contribution in [2.45, 2.75) is 0 Å². The highest BCUT2D eigenvalue weighted by Crippen LogP contribution is 2.24. The molecule has 0 saturated heterocycles. The number of halogens is 1. The lowest BCUT2D eigenvalue weighted by atomic mass is 10.2. The van der Waals surface area contributed by atoms with Crippen molar-refractivity contribution in [3.8, 4) is 0 Å². The zero-order valence-corrected chi connectivity index (χ0v) is 11.7. The molecule has 102 valence electrons. The first kappa shape index (κ1) is 14.0. The van der Waals surface area contributed by atoms with Crippen LogP contribution in [0.1, 0.15) is 20.8 Å². The standard InChI is InChI=1S/C13H10BrN3O3/c14-8-6-7(13(19)20)3-4-10(8)17-12(18)11-9(15)2-1-5-16-11/h1-6H,15H2,(H,17,18)(H,19,20). The van der Waals surface area contributed by atoms with E-state index in [0.717, 1.165) is 0 Å². The Kier molecular flexibility index (Phi) is 3.99. The first-order valence-electron chi connectivity index (χ1n) is 5.53. The summed E-state index contributed by atoms with van der Waals surface area (Å²) in [7, 11) is 0. The first-order valence-corrected chi connectivity index (χ1v) is 6.33. The predicted octanol–water partition coefficient (Wildman–Crippen LogP) is 2.38. The number of carbonyl (C=O) groups excluding carboxylic acids is 1. The van der Waals surface area contributed by atoms with Gasteiger partial charge < -0.3 is 16.2 Å². The van der Waals surface area contributed by atoms with Gasteiger partial charge in [0.15, 0.2) is 5.69 Å². The molecule has 0 aliphatic rings. The molecular weight excluding hydrogens is 326 g/mol.